The van der Waals surface area contributed by atoms with Gasteiger partial charge in [-0.2, -0.15) is 13.2 Å². The molecule has 37 heavy (non-hydrogen) atoms. The quantitative estimate of drug-likeness (QED) is 0.346. The minimum Gasteiger partial charge on any atom is -0.490 e. The number of nitrogens with zero attached hydrogens (tertiary/aromatic N) is 2. The summed E-state index contributed by atoms with van der Waals surface area (Å²) in [4.78, 5) is 18.8. The van der Waals surface area contributed by atoms with Gasteiger partial charge in [-0.15, -0.1) is 0 Å². The molecule has 0 amide bonds. The molecule has 198 valence electrons. The number of carbonyl (C=O) groups is 1. The lowest BCUT2D eigenvalue weighted by molar-refractivity contribution is -0.148. The van der Waals surface area contributed by atoms with Gasteiger partial charge in [0, 0.05) is 19.1 Å². The Balaban J connectivity index is 1.22. The molecule has 5 rings (SSSR count). The summed E-state index contributed by atoms with van der Waals surface area (Å²) in [6.07, 6.45) is 0.705. The number of carboxylic acid groups (broad SMARTS) is 1. The molecule has 2 fully saturated rings. The number of aliphatic carboxylic acids is 1. The highest BCUT2D eigenvalue weighted by Crippen LogP contribution is 2.40. The fraction of sp³-hybridized carbons (Fsp3) is 0.500. The number of fused-ring (bicyclic) bond motifs is 1. The Morgan fingerprint density at radius 1 is 1.11 bits per heavy atom. The van der Waals surface area contributed by atoms with Crippen molar-refractivity contribution in [2.75, 3.05) is 13.1 Å². The Bertz CT molecular complexity index is 1180. The lowest BCUT2D eigenvalue weighted by atomic mass is 9.95. The number of carboxylic acids is 1. The van der Waals surface area contributed by atoms with Crippen molar-refractivity contribution in [1.29, 1.82) is 0 Å². The predicted octanol–water partition coefficient (Wildman–Crippen LogP) is 5.97. The first kappa shape index (κ1) is 25.6. The maximum atomic E-state index is 13.7. The molecule has 1 saturated heterocycles. The van der Waals surface area contributed by atoms with E-state index >= 15 is 0 Å². The Hall–Kier alpha value is -3.07. The van der Waals surface area contributed by atoms with Gasteiger partial charge in [0.15, 0.2) is 0 Å². The number of aryl methyl sites for hydroxylation is 1. The van der Waals surface area contributed by atoms with Crippen LogP contribution in [0.2, 0.25) is 0 Å². The minimum absolute atomic E-state index is 0.0865. The third-order valence-corrected chi connectivity index (χ3v) is 7.68. The number of likely N-dealkylation sites (tertiary alicyclic amines) is 1. The summed E-state index contributed by atoms with van der Waals surface area (Å²) in [6.45, 7) is 2.89. The normalized spacial score (nSPS) is 21.1. The van der Waals surface area contributed by atoms with Crippen LogP contribution in [0, 0.1) is 5.92 Å². The SMILES string of the molecule is C/C(=N\OCc1ccc(OC2CCCC2)c(C(F)(F)F)c1)c1ccc2c(c1)CC[C@H]2N1CC(C(=O)O)C1. The zero-order valence-corrected chi connectivity index (χ0v) is 20.8. The molecule has 9 heteroatoms. The average molecular weight is 517 g/mol. The van der Waals surface area contributed by atoms with E-state index in [9.17, 15) is 18.0 Å². The number of halogens is 3. The van der Waals surface area contributed by atoms with Crippen LogP contribution in [0.25, 0.3) is 0 Å². The number of ether oxygens (including phenoxy) is 1. The van der Waals surface area contributed by atoms with Gasteiger partial charge in [0.1, 0.15) is 12.4 Å². The van der Waals surface area contributed by atoms with Crippen molar-refractivity contribution in [1.82, 2.24) is 4.90 Å². The molecule has 1 saturated carbocycles. The molecule has 1 heterocycles. The van der Waals surface area contributed by atoms with E-state index in [4.69, 9.17) is 14.7 Å². The first-order valence-electron chi connectivity index (χ1n) is 12.8. The smallest absolute Gasteiger partial charge is 0.419 e. The summed E-state index contributed by atoms with van der Waals surface area (Å²) < 4.78 is 46.6. The van der Waals surface area contributed by atoms with Crippen molar-refractivity contribution < 1.29 is 32.6 Å². The molecular weight excluding hydrogens is 485 g/mol. The molecule has 0 spiro atoms. The maximum absolute atomic E-state index is 13.7. The summed E-state index contributed by atoms with van der Waals surface area (Å²) >= 11 is 0. The molecule has 6 nitrogen and oxygen atoms in total. The number of hydrogen-bond donors (Lipinski definition) is 1. The highest BCUT2D eigenvalue weighted by molar-refractivity contribution is 5.98. The fourth-order valence-corrected chi connectivity index (χ4v) is 5.56. The molecule has 2 aromatic rings. The van der Waals surface area contributed by atoms with Gasteiger partial charge in [-0.25, -0.2) is 0 Å². The number of rotatable bonds is 8. The van der Waals surface area contributed by atoms with Gasteiger partial charge < -0.3 is 14.7 Å². The standard InChI is InChI=1S/C28H31F3N2O4/c1-17(19-7-9-23-20(13-19)8-10-25(23)33-14-21(15-33)27(34)35)32-36-16-18-6-11-26(24(12-18)28(29,30)31)37-22-4-2-3-5-22/h6-7,9,11-13,21-22,25H,2-5,8,10,14-16H2,1H3,(H,34,35)/b32-17+/t25-/m1/s1. The number of hydrogen-bond acceptors (Lipinski definition) is 5. The molecule has 2 aromatic carbocycles. The lowest BCUT2D eigenvalue weighted by Crippen LogP contribution is -2.51. The van der Waals surface area contributed by atoms with E-state index in [-0.39, 0.29) is 30.4 Å². The van der Waals surface area contributed by atoms with Gasteiger partial charge >= 0.3 is 12.1 Å². The molecule has 0 aromatic heterocycles. The molecular formula is C28H31F3N2O4. The zero-order chi connectivity index (χ0) is 26.2. The van der Waals surface area contributed by atoms with Gasteiger partial charge in [0.25, 0.3) is 0 Å². The second-order valence-electron chi connectivity index (χ2n) is 10.3. The Kier molecular flexibility index (Phi) is 7.16. The predicted molar refractivity (Wildman–Crippen MR) is 132 cm³/mol. The second-order valence-corrected chi connectivity index (χ2v) is 10.3. The Morgan fingerprint density at radius 2 is 1.86 bits per heavy atom. The average Bonchev–Trinajstić information content (AvgIpc) is 3.48. The van der Waals surface area contributed by atoms with Crippen molar-refractivity contribution in [3.8, 4) is 5.75 Å². The number of alkyl halides is 3. The van der Waals surface area contributed by atoms with E-state index in [0.717, 1.165) is 50.2 Å². The monoisotopic (exact) mass is 516 g/mol. The summed E-state index contributed by atoms with van der Waals surface area (Å²) in [5, 5.41) is 13.3. The molecule has 1 aliphatic heterocycles. The largest absolute Gasteiger partial charge is 0.490 e. The van der Waals surface area contributed by atoms with Crippen LogP contribution >= 0.6 is 0 Å². The summed E-state index contributed by atoms with van der Waals surface area (Å²) in [6, 6.07) is 10.4. The van der Waals surface area contributed by atoms with Gasteiger partial charge in [-0.05, 0) is 85.9 Å². The van der Waals surface area contributed by atoms with Crippen LogP contribution in [0.1, 0.15) is 72.9 Å². The van der Waals surface area contributed by atoms with Crippen molar-refractivity contribution in [3.05, 3.63) is 64.2 Å². The number of benzene rings is 2. The van der Waals surface area contributed by atoms with Crippen LogP contribution in [0.3, 0.4) is 0 Å². The van der Waals surface area contributed by atoms with Crippen LogP contribution < -0.4 is 4.74 Å². The molecule has 0 unspecified atom stereocenters. The van der Waals surface area contributed by atoms with Gasteiger partial charge in [-0.1, -0.05) is 23.4 Å². The first-order valence-corrected chi connectivity index (χ1v) is 12.8. The lowest BCUT2D eigenvalue weighted by Gasteiger charge is -2.41. The summed E-state index contributed by atoms with van der Waals surface area (Å²) in [5.41, 5.74) is 3.55. The third-order valence-electron chi connectivity index (χ3n) is 7.68. The van der Waals surface area contributed by atoms with Crippen molar-refractivity contribution in [2.24, 2.45) is 11.1 Å². The van der Waals surface area contributed by atoms with Gasteiger partial charge in [-0.3, -0.25) is 9.69 Å². The maximum Gasteiger partial charge on any atom is 0.419 e. The van der Waals surface area contributed by atoms with Gasteiger partial charge in [0.05, 0.1) is 23.3 Å². The molecule has 1 N–H and O–H groups in total. The highest BCUT2D eigenvalue weighted by atomic mass is 19.4. The van der Waals surface area contributed by atoms with Crippen molar-refractivity contribution in [2.45, 2.75) is 70.4 Å². The van der Waals surface area contributed by atoms with Crippen LogP contribution in [0.15, 0.2) is 41.6 Å². The van der Waals surface area contributed by atoms with Crippen LogP contribution in [0.4, 0.5) is 13.2 Å². The van der Waals surface area contributed by atoms with E-state index < -0.39 is 17.7 Å². The zero-order valence-electron chi connectivity index (χ0n) is 20.8. The topological polar surface area (TPSA) is 71.4 Å². The third kappa shape index (κ3) is 5.61. The van der Waals surface area contributed by atoms with Crippen molar-refractivity contribution >= 4 is 11.7 Å². The second kappa shape index (κ2) is 10.4. The van der Waals surface area contributed by atoms with Crippen molar-refractivity contribution in [3.63, 3.8) is 0 Å². The van der Waals surface area contributed by atoms with Crippen LogP contribution in [-0.2, 0) is 28.8 Å². The molecule has 2 aliphatic carbocycles. The van der Waals surface area contributed by atoms with E-state index in [1.165, 1.54) is 17.2 Å². The molecule has 0 radical (unpaired) electrons. The van der Waals surface area contributed by atoms with E-state index in [0.29, 0.717) is 24.4 Å². The van der Waals surface area contributed by atoms with Crippen LogP contribution in [-0.4, -0.2) is 40.9 Å². The summed E-state index contributed by atoms with van der Waals surface area (Å²) in [7, 11) is 0. The number of oxime groups is 1. The minimum atomic E-state index is -4.52. The van der Waals surface area contributed by atoms with Crippen LogP contribution in [0.5, 0.6) is 5.75 Å². The summed E-state index contributed by atoms with van der Waals surface area (Å²) in [5.74, 6) is -1.14. The molecule has 0 bridgehead atoms. The Labute approximate surface area is 214 Å². The molecule has 3 aliphatic rings. The Morgan fingerprint density at radius 3 is 2.57 bits per heavy atom. The first-order chi connectivity index (χ1) is 17.7. The van der Waals surface area contributed by atoms with E-state index in [1.807, 2.05) is 6.07 Å². The van der Waals surface area contributed by atoms with E-state index in [1.54, 1.807) is 13.0 Å². The van der Waals surface area contributed by atoms with E-state index in [2.05, 4.69) is 22.2 Å². The molecule has 1 atom stereocenters. The highest BCUT2D eigenvalue weighted by Gasteiger charge is 2.39. The fourth-order valence-electron chi connectivity index (χ4n) is 5.56. The van der Waals surface area contributed by atoms with Gasteiger partial charge in [0.2, 0.25) is 0 Å².